The van der Waals surface area contributed by atoms with Gasteiger partial charge in [-0.15, -0.1) is 0 Å². The van der Waals surface area contributed by atoms with Crippen molar-refractivity contribution >= 4 is 5.91 Å². The second kappa shape index (κ2) is 7.00. The molecular weight excluding hydrogens is 342 g/mol. The summed E-state index contributed by atoms with van der Waals surface area (Å²) in [5.41, 5.74) is 4.23. The summed E-state index contributed by atoms with van der Waals surface area (Å²) in [4.78, 5) is 12.8. The van der Waals surface area contributed by atoms with Crippen LogP contribution in [0.4, 0.5) is 0 Å². The first-order valence-corrected chi connectivity index (χ1v) is 9.09. The van der Waals surface area contributed by atoms with Crippen LogP contribution in [0.15, 0.2) is 42.7 Å². The van der Waals surface area contributed by atoms with Crippen LogP contribution in [-0.2, 0) is 7.05 Å². The summed E-state index contributed by atoms with van der Waals surface area (Å²) >= 11 is 0. The van der Waals surface area contributed by atoms with Gasteiger partial charge in [0.25, 0.3) is 5.91 Å². The molecule has 140 valence electrons. The number of hydrogen-bond donors (Lipinski definition) is 3. The molecule has 0 saturated heterocycles. The lowest BCUT2D eigenvalue weighted by Crippen LogP contribution is -2.41. The number of aromatic amines is 1. The maximum atomic E-state index is 12.8. The Bertz CT molecular complexity index is 937. The van der Waals surface area contributed by atoms with Crippen LogP contribution < -0.4 is 5.32 Å². The highest BCUT2D eigenvalue weighted by molar-refractivity contribution is 5.93. The van der Waals surface area contributed by atoms with Gasteiger partial charge in [0.2, 0.25) is 0 Å². The van der Waals surface area contributed by atoms with Crippen LogP contribution in [0.1, 0.15) is 40.5 Å². The fourth-order valence-electron chi connectivity index (χ4n) is 3.51. The average molecular weight is 365 g/mol. The second-order valence-electron chi connectivity index (χ2n) is 7.32. The number of benzene rings is 1. The van der Waals surface area contributed by atoms with E-state index in [-0.39, 0.29) is 24.0 Å². The van der Waals surface area contributed by atoms with E-state index in [1.54, 1.807) is 16.9 Å². The van der Waals surface area contributed by atoms with Gasteiger partial charge in [-0.1, -0.05) is 29.8 Å². The number of aliphatic hydroxyl groups is 1. The number of aromatic nitrogens is 4. The van der Waals surface area contributed by atoms with Crippen molar-refractivity contribution in [1.29, 1.82) is 0 Å². The van der Waals surface area contributed by atoms with E-state index in [4.69, 9.17) is 0 Å². The minimum atomic E-state index is -0.286. The Morgan fingerprint density at radius 2 is 2.07 bits per heavy atom. The summed E-state index contributed by atoms with van der Waals surface area (Å²) < 4.78 is 1.72. The number of H-pyrrole nitrogens is 1. The van der Waals surface area contributed by atoms with Gasteiger partial charge in [-0.3, -0.25) is 14.6 Å². The van der Waals surface area contributed by atoms with Crippen molar-refractivity contribution in [3.8, 4) is 11.3 Å². The molecule has 1 saturated carbocycles. The van der Waals surface area contributed by atoms with Crippen molar-refractivity contribution in [2.75, 3.05) is 0 Å². The highest BCUT2D eigenvalue weighted by Crippen LogP contribution is 2.38. The topological polar surface area (TPSA) is 95.8 Å². The average Bonchev–Trinajstić information content (AvgIpc) is 3.27. The van der Waals surface area contributed by atoms with Crippen molar-refractivity contribution in [3.63, 3.8) is 0 Å². The van der Waals surface area contributed by atoms with Crippen molar-refractivity contribution in [2.45, 2.75) is 31.9 Å². The first-order chi connectivity index (χ1) is 13.0. The summed E-state index contributed by atoms with van der Waals surface area (Å²) in [5, 5.41) is 24.1. The third-order valence-corrected chi connectivity index (χ3v) is 5.16. The SMILES string of the molecule is Cc1ccc(-c2cc(C(=O)N[C@H](c3cnn(C)c3)C3CC(O)C3)[nH]n2)cc1. The molecule has 1 aliphatic rings. The number of nitrogens with zero attached hydrogens (tertiary/aromatic N) is 3. The number of aliphatic hydroxyl groups excluding tert-OH is 1. The van der Waals surface area contributed by atoms with Gasteiger partial charge in [-0.25, -0.2) is 0 Å². The Labute approximate surface area is 157 Å². The number of amides is 1. The van der Waals surface area contributed by atoms with Crippen molar-refractivity contribution < 1.29 is 9.90 Å². The normalized spacial score (nSPS) is 20.1. The number of hydrogen-bond acceptors (Lipinski definition) is 4. The molecule has 7 heteroatoms. The third-order valence-electron chi connectivity index (χ3n) is 5.16. The number of carbonyl (C=O) groups is 1. The first kappa shape index (κ1) is 17.5. The molecule has 1 atom stereocenters. The highest BCUT2D eigenvalue weighted by Gasteiger charge is 2.36. The summed E-state index contributed by atoms with van der Waals surface area (Å²) in [6.45, 7) is 2.03. The number of aryl methyl sites for hydroxylation is 2. The fourth-order valence-corrected chi connectivity index (χ4v) is 3.51. The second-order valence-corrected chi connectivity index (χ2v) is 7.32. The van der Waals surface area contributed by atoms with Gasteiger partial charge >= 0.3 is 0 Å². The zero-order chi connectivity index (χ0) is 19.0. The Hall–Kier alpha value is -2.93. The Balaban J connectivity index is 1.52. The van der Waals surface area contributed by atoms with E-state index in [0.717, 1.165) is 16.8 Å². The van der Waals surface area contributed by atoms with Crippen LogP contribution in [-0.4, -0.2) is 37.1 Å². The lowest BCUT2D eigenvalue weighted by atomic mass is 9.75. The Morgan fingerprint density at radius 1 is 1.33 bits per heavy atom. The molecule has 0 spiro atoms. The molecule has 3 N–H and O–H groups in total. The van der Waals surface area contributed by atoms with E-state index in [9.17, 15) is 9.90 Å². The predicted molar refractivity (Wildman–Crippen MR) is 101 cm³/mol. The van der Waals surface area contributed by atoms with Gasteiger partial charge in [0.05, 0.1) is 24.0 Å². The van der Waals surface area contributed by atoms with Gasteiger partial charge < -0.3 is 10.4 Å². The van der Waals surface area contributed by atoms with E-state index in [1.807, 2.05) is 44.4 Å². The number of nitrogens with one attached hydrogen (secondary N) is 2. The molecule has 2 aromatic heterocycles. The van der Waals surface area contributed by atoms with Gasteiger partial charge in [0.1, 0.15) is 5.69 Å². The molecule has 1 aromatic carbocycles. The van der Waals surface area contributed by atoms with Crippen LogP contribution >= 0.6 is 0 Å². The Morgan fingerprint density at radius 3 is 2.70 bits per heavy atom. The molecule has 2 heterocycles. The Kier molecular flexibility index (Phi) is 4.53. The molecule has 0 radical (unpaired) electrons. The van der Waals surface area contributed by atoms with Gasteiger partial charge in [-0.2, -0.15) is 10.2 Å². The largest absolute Gasteiger partial charge is 0.393 e. The van der Waals surface area contributed by atoms with Crippen LogP contribution in [0.3, 0.4) is 0 Å². The van der Waals surface area contributed by atoms with Gasteiger partial charge in [0.15, 0.2) is 0 Å². The zero-order valence-electron chi connectivity index (χ0n) is 15.4. The molecule has 3 aromatic rings. The predicted octanol–water partition coefficient (Wildman–Crippen LogP) is 2.36. The molecular formula is C20H23N5O2. The molecule has 1 aliphatic carbocycles. The zero-order valence-corrected chi connectivity index (χ0v) is 15.4. The molecule has 0 aliphatic heterocycles. The summed E-state index contributed by atoms with van der Waals surface area (Å²) in [6, 6.07) is 9.59. The smallest absolute Gasteiger partial charge is 0.269 e. The summed E-state index contributed by atoms with van der Waals surface area (Å²) in [5.74, 6) is -0.0104. The van der Waals surface area contributed by atoms with Crippen LogP contribution in [0.5, 0.6) is 0 Å². The minimum absolute atomic E-state index is 0.180. The molecule has 27 heavy (non-hydrogen) atoms. The molecule has 7 nitrogen and oxygen atoms in total. The maximum absolute atomic E-state index is 12.8. The molecule has 1 amide bonds. The van der Waals surface area contributed by atoms with E-state index in [0.29, 0.717) is 18.5 Å². The van der Waals surface area contributed by atoms with Crippen molar-refractivity contribution in [1.82, 2.24) is 25.3 Å². The van der Waals surface area contributed by atoms with Gasteiger partial charge in [-0.05, 0) is 31.7 Å². The van der Waals surface area contributed by atoms with E-state index in [2.05, 4.69) is 20.6 Å². The van der Waals surface area contributed by atoms with Crippen LogP contribution in [0.25, 0.3) is 11.3 Å². The molecule has 1 fully saturated rings. The van der Waals surface area contributed by atoms with Gasteiger partial charge in [0, 0.05) is 24.4 Å². The van der Waals surface area contributed by atoms with Crippen LogP contribution in [0.2, 0.25) is 0 Å². The summed E-state index contributed by atoms with van der Waals surface area (Å²) in [6.07, 6.45) is 4.74. The minimum Gasteiger partial charge on any atom is -0.393 e. The molecule has 0 bridgehead atoms. The van der Waals surface area contributed by atoms with E-state index < -0.39 is 0 Å². The first-order valence-electron chi connectivity index (χ1n) is 9.09. The fraction of sp³-hybridized carbons (Fsp3) is 0.350. The van der Waals surface area contributed by atoms with E-state index in [1.165, 1.54) is 5.56 Å². The molecule has 4 rings (SSSR count). The monoisotopic (exact) mass is 365 g/mol. The van der Waals surface area contributed by atoms with Crippen molar-refractivity contribution in [3.05, 3.63) is 59.5 Å². The van der Waals surface area contributed by atoms with Crippen LogP contribution in [0, 0.1) is 12.8 Å². The maximum Gasteiger partial charge on any atom is 0.269 e. The third kappa shape index (κ3) is 3.64. The van der Waals surface area contributed by atoms with E-state index >= 15 is 0 Å². The lowest BCUT2D eigenvalue weighted by Gasteiger charge is -2.37. The quantitative estimate of drug-likeness (QED) is 0.647. The number of carbonyl (C=O) groups excluding carboxylic acids is 1. The van der Waals surface area contributed by atoms with Crippen molar-refractivity contribution in [2.24, 2.45) is 13.0 Å². The standard InChI is InChI=1S/C20H23N5O2/c1-12-3-5-13(6-4-12)17-9-18(24-23-17)20(27)22-19(14-7-16(26)8-14)15-10-21-25(2)11-15/h3-6,9-11,14,16,19,26H,7-8H2,1-2H3,(H,22,27)(H,23,24)/t14?,16?,19-/m0/s1. The summed E-state index contributed by atoms with van der Waals surface area (Å²) in [7, 11) is 1.85. The lowest BCUT2D eigenvalue weighted by molar-refractivity contribution is 0.0234. The highest BCUT2D eigenvalue weighted by atomic mass is 16.3. The number of rotatable bonds is 5. The molecule has 0 unspecified atom stereocenters.